The Balaban J connectivity index is 2.29. The van der Waals surface area contributed by atoms with Gasteiger partial charge in [-0.2, -0.15) is 0 Å². The van der Waals surface area contributed by atoms with Crippen molar-refractivity contribution in [3.05, 3.63) is 0 Å². The number of carbonyl (C=O) groups is 1. The normalized spacial score (nSPS) is 28.4. The molecule has 3 heteroatoms. The highest BCUT2D eigenvalue weighted by Crippen LogP contribution is 2.25. The third kappa shape index (κ3) is 4.97. The predicted octanol–water partition coefficient (Wildman–Crippen LogP) is 2.20. The maximum absolute atomic E-state index is 10.8. The van der Waals surface area contributed by atoms with Crippen LogP contribution >= 0.6 is 0 Å². The van der Waals surface area contributed by atoms with Crippen molar-refractivity contribution in [2.24, 2.45) is 11.7 Å². The Kier molecular flexibility index (Phi) is 5.81. The van der Waals surface area contributed by atoms with E-state index in [1.807, 2.05) is 6.92 Å². The molecule has 1 aliphatic carbocycles. The molecular formula is C13H26N2O. The van der Waals surface area contributed by atoms with Crippen molar-refractivity contribution in [2.45, 2.75) is 70.9 Å². The van der Waals surface area contributed by atoms with E-state index < -0.39 is 0 Å². The van der Waals surface area contributed by atoms with Gasteiger partial charge in [-0.05, 0) is 32.1 Å². The van der Waals surface area contributed by atoms with E-state index in [9.17, 15) is 4.79 Å². The number of primary amides is 1. The molecule has 0 aliphatic heterocycles. The quantitative estimate of drug-likeness (QED) is 0.706. The lowest BCUT2D eigenvalue weighted by Crippen LogP contribution is -2.38. The van der Waals surface area contributed by atoms with E-state index in [0.717, 1.165) is 5.92 Å². The molecule has 1 amide bonds. The van der Waals surface area contributed by atoms with Crippen LogP contribution in [0.1, 0.15) is 58.8 Å². The van der Waals surface area contributed by atoms with Gasteiger partial charge >= 0.3 is 0 Å². The van der Waals surface area contributed by atoms with E-state index in [1.54, 1.807) is 0 Å². The summed E-state index contributed by atoms with van der Waals surface area (Å²) in [7, 11) is 0. The molecule has 0 aromatic rings. The highest BCUT2D eigenvalue weighted by Gasteiger charge is 2.19. The fourth-order valence-electron chi connectivity index (χ4n) is 2.72. The highest BCUT2D eigenvalue weighted by molar-refractivity contribution is 5.74. The molecule has 0 saturated heterocycles. The smallest absolute Gasteiger partial charge is 0.218 e. The molecule has 3 atom stereocenters. The lowest BCUT2D eigenvalue weighted by atomic mass is 9.97. The summed E-state index contributed by atoms with van der Waals surface area (Å²) in [4.78, 5) is 10.8. The minimum atomic E-state index is -0.208. The van der Waals surface area contributed by atoms with E-state index in [4.69, 9.17) is 5.73 Å². The second kappa shape index (κ2) is 6.89. The van der Waals surface area contributed by atoms with Crippen LogP contribution in [0.5, 0.6) is 0 Å². The largest absolute Gasteiger partial charge is 0.370 e. The topological polar surface area (TPSA) is 55.1 Å². The average molecular weight is 226 g/mol. The van der Waals surface area contributed by atoms with E-state index >= 15 is 0 Å². The number of hydrogen-bond acceptors (Lipinski definition) is 2. The zero-order valence-electron chi connectivity index (χ0n) is 10.7. The Morgan fingerprint density at radius 2 is 2.12 bits per heavy atom. The zero-order valence-corrected chi connectivity index (χ0v) is 10.7. The molecule has 1 saturated carbocycles. The van der Waals surface area contributed by atoms with Gasteiger partial charge in [0.15, 0.2) is 0 Å². The Morgan fingerprint density at radius 1 is 1.38 bits per heavy atom. The van der Waals surface area contributed by atoms with Crippen LogP contribution in [0.15, 0.2) is 0 Å². The Morgan fingerprint density at radius 3 is 2.75 bits per heavy atom. The van der Waals surface area contributed by atoms with Crippen molar-refractivity contribution in [1.29, 1.82) is 0 Å². The van der Waals surface area contributed by atoms with Crippen LogP contribution in [-0.2, 0) is 4.79 Å². The van der Waals surface area contributed by atoms with E-state index in [-0.39, 0.29) is 11.9 Å². The van der Waals surface area contributed by atoms with Gasteiger partial charge < -0.3 is 11.1 Å². The Labute approximate surface area is 99.2 Å². The van der Waals surface area contributed by atoms with Gasteiger partial charge in [-0.3, -0.25) is 4.79 Å². The molecule has 0 heterocycles. The van der Waals surface area contributed by atoms with Crippen molar-refractivity contribution in [1.82, 2.24) is 5.32 Å². The minimum absolute atomic E-state index is 0.208. The van der Waals surface area contributed by atoms with Crippen LogP contribution in [0.4, 0.5) is 0 Å². The molecule has 16 heavy (non-hydrogen) atoms. The number of hydrogen-bond donors (Lipinski definition) is 2. The molecule has 0 spiro atoms. The monoisotopic (exact) mass is 226 g/mol. The third-order valence-electron chi connectivity index (χ3n) is 3.69. The predicted molar refractivity (Wildman–Crippen MR) is 67.1 cm³/mol. The van der Waals surface area contributed by atoms with Gasteiger partial charge in [-0.25, -0.2) is 0 Å². The SMILES string of the molecule is CCC1CCCC(NC(C)CC(N)=O)CC1. The number of amides is 1. The van der Waals surface area contributed by atoms with Crippen molar-refractivity contribution in [3.63, 3.8) is 0 Å². The van der Waals surface area contributed by atoms with Crippen LogP contribution in [0, 0.1) is 5.92 Å². The van der Waals surface area contributed by atoms with Crippen molar-refractivity contribution < 1.29 is 4.79 Å². The minimum Gasteiger partial charge on any atom is -0.370 e. The van der Waals surface area contributed by atoms with Crippen LogP contribution in [0.25, 0.3) is 0 Å². The van der Waals surface area contributed by atoms with Gasteiger partial charge in [0.05, 0.1) is 0 Å². The van der Waals surface area contributed by atoms with Gasteiger partial charge in [0.25, 0.3) is 0 Å². The first-order valence-corrected chi connectivity index (χ1v) is 6.66. The molecule has 1 aliphatic rings. The summed E-state index contributed by atoms with van der Waals surface area (Å²) in [5.74, 6) is 0.707. The molecule has 0 radical (unpaired) electrons. The standard InChI is InChI=1S/C13H26N2O/c1-3-11-5-4-6-12(8-7-11)15-10(2)9-13(14)16/h10-12,15H,3-9H2,1-2H3,(H2,14,16). The second-order valence-electron chi connectivity index (χ2n) is 5.22. The third-order valence-corrected chi connectivity index (χ3v) is 3.69. The summed E-state index contributed by atoms with van der Waals surface area (Å²) >= 11 is 0. The molecule has 3 N–H and O–H groups in total. The van der Waals surface area contributed by atoms with Gasteiger partial charge in [0, 0.05) is 18.5 Å². The molecule has 3 unspecified atom stereocenters. The summed E-state index contributed by atoms with van der Waals surface area (Å²) in [6.07, 6.45) is 8.29. The number of nitrogens with one attached hydrogen (secondary N) is 1. The molecule has 1 fully saturated rings. The lowest BCUT2D eigenvalue weighted by molar-refractivity contribution is -0.118. The maximum Gasteiger partial charge on any atom is 0.218 e. The van der Waals surface area contributed by atoms with Crippen molar-refractivity contribution >= 4 is 5.91 Å². The molecule has 3 nitrogen and oxygen atoms in total. The van der Waals surface area contributed by atoms with Crippen LogP contribution in [0.3, 0.4) is 0 Å². The van der Waals surface area contributed by atoms with Gasteiger partial charge in [-0.15, -0.1) is 0 Å². The summed E-state index contributed by atoms with van der Waals surface area (Å²) in [5.41, 5.74) is 5.19. The fourth-order valence-corrected chi connectivity index (χ4v) is 2.72. The number of carbonyl (C=O) groups excluding carboxylic acids is 1. The first-order valence-electron chi connectivity index (χ1n) is 6.66. The van der Waals surface area contributed by atoms with Gasteiger partial charge in [0.2, 0.25) is 5.91 Å². The summed E-state index contributed by atoms with van der Waals surface area (Å²) in [6, 6.07) is 0.812. The van der Waals surface area contributed by atoms with E-state index in [2.05, 4.69) is 12.2 Å². The first kappa shape index (κ1) is 13.5. The highest BCUT2D eigenvalue weighted by atomic mass is 16.1. The van der Waals surface area contributed by atoms with Crippen molar-refractivity contribution in [3.8, 4) is 0 Å². The van der Waals surface area contributed by atoms with Gasteiger partial charge in [-0.1, -0.05) is 26.2 Å². The lowest BCUT2D eigenvalue weighted by Gasteiger charge is -2.21. The first-order chi connectivity index (χ1) is 7.61. The van der Waals surface area contributed by atoms with Crippen molar-refractivity contribution in [2.75, 3.05) is 0 Å². The van der Waals surface area contributed by atoms with Crippen LogP contribution in [0.2, 0.25) is 0 Å². The Bertz CT molecular complexity index is 218. The van der Waals surface area contributed by atoms with Crippen LogP contribution < -0.4 is 11.1 Å². The molecule has 0 aromatic carbocycles. The summed E-state index contributed by atoms with van der Waals surface area (Å²) in [6.45, 7) is 4.33. The molecular weight excluding hydrogens is 200 g/mol. The fraction of sp³-hybridized carbons (Fsp3) is 0.923. The summed E-state index contributed by atoms with van der Waals surface area (Å²) < 4.78 is 0. The van der Waals surface area contributed by atoms with Gasteiger partial charge in [0.1, 0.15) is 0 Å². The van der Waals surface area contributed by atoms with E-state index in [1.165, 1.54) is 38.5 Å². The molecule has 0 aromatic heterocycles. The molecule has 94 valence electrons. The average Bonchev–Trinajstić information content (AvgIpc) is 2.41. The second-order valence-corrected chi connectivity index (χ2v) is 5.22. The zero-order chi connectivity index (χ0) is 12.0. The van der Waals surface area contributed by atoms with E-state index in [0.29, 0.717) is 12.5 Å². The molecule has 1 rings (SSSR count). The van der Waals surface area contributed by atoms with Crippen LogP contribution in [-0.4, -0.2) is 18.0 Å². The maximum atomic E-state index is 10.8. The summed E-state index contributed by atoms with van der Waals surface area (Å²) in [5, 5.41) is 3.53. The number of nitrogens with two attached hydrogens (primary N) is 1. The number of rotatable bonds is 5. The Hall–Kier alpha value is -0.570. The molecule has 0 bridgehead atoms.